The molecule has 2 aromatic rings. The SMILES string of the molecule is CCc1c(C(=O)O)nnn1-c1cccc(SC)c1. The Balaban J connectivity index is 2.53. The van der Waals surface area contributed by atoms with Crippen molar-refractivity contribution in [3.8, 4) is 5.69 Å². The Labute approximate surface area is 109 Å². The molecule has 0 amide bonds. The first-order valence-corrected chi connectivity index (χ1v) is 6.72. The predicted octanol–water partition coefficient (Wildman–Crippen LogP) is 2.25. The number of carbonyl (C=O) groups is 1. The van der Waals surface area contributed by atoms with Gasteiger partial charge in [0.05, 0.1) is 11.4 Å². The molecule has 0 radical (unpaired) electrons. The van der Waals surface area contributed by atoms with Crippen LogP contribution in [-0.2, 0) is 6.42 Å². The summed E-state index contributed by atoms with van der Waals surface area (Å²) in [5, 5.41) is 16.7. The van der Waals surface area contributed by atoms with E-state index in [1.165, 1.54) is 0 Å². The molecule has 0 aliphatic rings. The van der Waals surface area contributed by atoms with Crippen molar-refractivity contribution < 1.29 is 9.90 Å². The summed E-state index contributed by atoms with van der Waals surface area (Å²) in [5.74, 6) is -1.04. The Bertz CT molecular complexity index is 580. The first-order chi connectivity index (χ1) is 8.67. The van der Waals surface area contributed by atoms with Crippen molar-refractivity contribution in [1.82, 2.24) is 15.0 Å². The first-order valence-electron chi connectivity index (χ1n) is 5.49. The topological polar surface area (TPSA) is 68.0 Å². The molecule has 1 aromatic carbocycles. The fourth-order valence-electron chi connectivity index (χ4n) is 1.73. The van der Waals surface area contributed by atoms with E-state index in [0.29, 0.717) is 12.1 Å². The third-order valence-electron chi connectivity index (χ3n) is 2.60. The maximum Gasteiger partial charge on any atom is 0.358 e. The molecule has 0 aliphatic heterocycles. The molecule has 0 saturated carbocycles. The van der Waals surface area contributed by atoms with E-state index in [9.17, 15) is 4.79 Å². The van der Waals surface area contributed by atoms with Gasteiger partial charge in [-0.15, -0.1) is 16.9 Å². The number of aromatic carboxylic acids is 1. The van der Waals surface area contributed by atoms with E-state index in [1.54, 1.807) is 16.4 Å². The van der Waals surface area contributed by atoms with Gasteiger partial charge in [-0.1, -0.05) is 18.2 Å². The largest absolute Gasteiger partial charge is 0.476 e. The number of rotatable bonds is 4. The Morgan fingerprint density at radius 3 is 2.89 bits per heavy atom. The molecule has 0 fully saturated rings. The van der Waals surface area contributed by atoms with Gasteiger partial charge in [0.2, 0.25) is 0 Å². The van der Waals surface area contributed by atoms with Crippen LogP contribution in [-0.4, -0.2) is 32.3 Å². The quantitative estimate of drug-likeness (QED) is 0.857. The number of thioether (sulfide) groups is 1. The molecule has 0 unspecified atom stereocenters. The van der Waals surface area contributed by atoms with Crippen LogP contribution in [0.5, 0.6) is 0 Å². The predicted molar refractivity (Wildman–Crippen MR) is 69.5 cm³/mol. The van der Waals surface area contributed by atoms with Crippen LogP contribution in [0.4, 0.5) is 0 Å². The molecule has 1 heterocycles. The van der Waals surface area contributed by atoms with E-state index < -0.39 is 5.97 Å². The number of nitrogens with zero attached hydrogens (tertiary/aromatic N) is 3. The maximum atomic E-state index is 11.0. The van der Waals surface area contributed by atoms with Crippen molar-refractivity contribution in [2.75, 3.05) is 6.26 Å². The molecule has 0 atom stereocenters. The highest BCUT2D eigenvalue weighted by Crippen LogP contribution is 2.20. The third kappa shape index (κ3) is 2.24. The van der Waals surface area contributed by atoms with Crippen LogP contribution in [0.2, 0.25) is 0 Å². The minimum absolute atomic E-state index is 0.0204. The molecule has 1 aromatic heterocycles. The lowest BCUT2D eigenvalue weighted by atomic mass is 10.2. The number of carboxylic acid groups (broad SMARTS) is 1. The standard InChI is InChI=1S/C12H13N3O2S/c1-3-10-11(12(16)17)13-14-15(10)8-5-4-6-9(7-8)18-2/h4-7H,3H2,1-2H3,(H,16,17). The lowest BCUT2D eigenvalue weighted by Gasteiger charge is -2.06. The highest BCUT2D eigenvalue weighted by molar-refractivity contribution is 7.98. The van der Waals surface area contributed by atoms with Gasteiger partial charge in [-0.2, -0.15) is 0 Å². The van der Waals surface area contributed by atoms with Gasteiger partial charge in [0.1, 0.15) is 0 Å². The number of benzene rings is 1. The van der Waals surface area contributed by atoms with Gasteiger partial charge < -0.3 is 5.11 Å². The molecule has 0 bridgehead atoms. The highest BCUT2D eigenvalue weighted by Gasteiger charge is 2.18. The normalized spacial score (nSPS) is 10.6. The molecular formula is C12H13N3O2S. The summed E-state index contributed by atoms with van der Waals surface area (Å²) in [4.78, 5) is 12.1. The fraction of sp³-hybridized carbons (Fsp3) is 0.250. The lowest BCUT2D eigenvalue weighted by molar-refractivity contribution is 0.0689. The van der Waals surface area contributed by atoms with Crippen LogP contribution in [0.1, 0.15) is 23.1 Å². The van der Waals surface area contributed by atoms with E-state index in [0.717, 1.165) is 10.6 Å². The van der Waals surface area contributed by atoms with Crippen molar-refractivity contribution in [3.05, 3.63) is 35.7 Å². The van der Waals surface area contributed by atoms with Gasteiger partial charge in [0.25, 0.3) is 0 Å². The Kier molecular flexibility index (Phi) is 3.66. The zero-order chi connectivity index (χ0) is 13.1. The van der Waals surface area contributed by atoms with Crippen LogP contribution in [0.25, 0.3) is 5.69 Å². The Morgan fingerprint density at radius 2 is 2.28 bits per heavy atom. The van der Waals surface area contributed by atoms with Crippen molar-refractivity contribution in [2.24, 2.45) is 0 Å². The molecule has 5 nitrogen and oxygen atoms in total. The van der Waals surface area contributed by atoms with E-state index in [1.807, 2.05) is 37.4 Å². The Hall–Kier alpha value is -1.82. The molecule has 1 N–H and O–H groups in total. The van der Waals surface area contributed by atoms with Crippen LogP contribution in [0.15, 0.2) is 29.2 Å². The highest BCUT2D eigenvalue weighted by atomic mass is 32.2. The monoisotopic (exact) mass is 263 g/mol. The lowest BCUT2D eigenvalue weighted by Crippen LogP contribution is -2.05. The number of carboxylic acids is 1. The maximum absolute atomic E-state index is 11.0. The first kappa shape index (κ1) is 12.6. The van der Waals surface area contributed by atoms with E-state index in [4.69, 9.17) is 5.11 Å². The molecular weight excluding hydrogens is 250 g/mol. The summed E-state index contributed by atoms with van der Waals surface area (Å²) in [6.45, 7) is 1.89. The van der Waals surface area contributed by atoms with Gasteiger partial charge in [0.15, 0.2) is 5.69 Å². The molecule has 6 heteroatoms. The average Bonchev–Trinajstić information content (AvgIpc) is 2.82. The number of hydrogen-bond donors (Lipinski definition) is 1. The van der Waals surface area contributed by atoms with Gasteiger partial charge >= 0.3 is 5.97 Å². The second-order valence-electron chi connectivity index (χ2n) is 3.66. The van der Waals surface area contributed by atoms with Gasteiger partial charge in [-0.3, -0.25) is 0 Å². The summed E-state index contributed by atoms with van der Waals surface area (Å²) in [6.07, 6.45) is 2.56. The summed E-state index contributed by atoms with van der Waals surface area (Å²) in [7, 11) is 0. The van der Waals surface area contributed by atoms with Crippen molar-refractivity contribution >= 4 is 17.7 Å². The fourth-order valence-corrected chi connectivity index (χ4v) is 2.19. The second-order valence-corrected chi connectivity index (χ2v) is 4.54. The summed E-state index contributed by atoms with van der Waals surface area (Å²) >= 11 is 1.63. The number of aromatic nitrogens is 3. The van der Waals surface area contributed by atoms with Crippen molar-refractivity contribution in [1.29, 1.82) is 0 Å². The third-order valence-corrected chi connectivity index (χ3v) is 3.32. The summed E-state index contributed by atoms with van der Waals surface area (Å²) in [5.41, 5.74) is 1.46. The van der Waals surface area contributed by atoms with E-state index >= 15 is 0 Å². The molecule has 0 saturated heterocycles. The summed E-state index contributed by atoms with van der Waals surface area (Å²) in [6, 6.07) is 7.76. The van der Waals surface area contributed by atoms with E-state index in [2.05, 4.69) is 10.3 Å². The number of hydrogen-bond acceptors (Lipinski definition) is 4. The minimum atomic E-state index is -1.04. The van der Waals surface area contributed by atoms with E-state index in [-0.39, 0.29) is 5.69 Å². The Morgan fingerprint density at radius 1 is 1.50 bits per heavy atom. The summed E-state index contributed by atoms with van der Waals surface area (Å²) < 4.78 is 1.59. The minimum Gasteiger partial charge on any atom is -0.476 e. The van der Waals surface area contributed by atoms with Crippen molar-refractivity contribution in [3.63, 3.8) is 0 Å². The molecule has 2 rings (SSSR count). The average molecular weight is 263 g/mol. The zero-order valence-electron chi connectivity index (χ0n) is 10.1. The van der Waals surface area contributed by atoms with Crippen LogP contribution >= 0.6 is 11.8 Å². The smallest absolute Gasteiger partial charge is 0.358 e. The molecule has 94 valence electrons. The molecule has 0 spiro atoms. The molecule has 18 heavy (non-hydrogen) atoms. The van der Waals surface area contributed by atoms with Gasteiger partial charge in [-0.25, -0.2) is 9.48 Å². The molecule has 0 aliphatic carbocycles. The van der Waals surface area contributed by atoms with Gasteiger partial charge in [0, 0.05) is 4.90 Å². The van der Waals surface area contributed by atoms with Crippen LogP contribution < -0.4 is 0 Å². The van der Waals surface area contributed by atoms with Crippen LogP contribution in [0, 0.1) is 0 Å². The van der Waals surface area contributed by atoms with Crippen molar-refractivity contribution in [2.45, 2.75) is 18.2 Å². The van der Waals surface area contributed by atoms with Gasteiger partial charge in [-0.05, 0) is 30.9 Å². The second kappa shape index (κ2) is 5.22. The zero-order valence-corrected chi connectivity index (χ0v) is 10.9. The van der Waals surface area contributed by atoms with Crippen LogP contribution in [0.3, 0.4) is 0 Å².